The number of hydrogen-bond acceptors (Lipinski definition) is 7. The summed E-state index contributed by atoms with van der Waals surface area (Å²) < 4.78 is 38.2. The van der Waals surface area contributed by atoms with Crippen LogP contribution in [-0.4, -0.2) is 48.4 Å². The molecule has 34 heavy (non-hydrogen) atoms. The number of hydrogen-bond donors (Lipinski definition) is 0. The van der Waals surface area contributed by atoms with Crippen LogP contribution in [0.25, 0.3) is 0 Å². The standard InChI is InChI=1S/C24H26N4O5S/c1-17-25-23(26-33-17)16-32-20-7-5-18(6-8-20)24(29)28-14-11-19-15-21(9-10-22(19)28)34(30,31)27-12-3-2-4-13-27/h5-10,15H,2-4,11-14,16H2,1H3. The highest BCUT2D eigenvalue weighted by molar-refractivity contribution is 7.89. The average molecular weight is 483 g/mol. The highest BCUT2D eigenvalue weighted by atomic mass is 32.2. The molecule has 0 aliphatic carbocycles. The Morgan fingerprint density at radius 1 is 1.06 bits per heavy atom. The topological polar surface area (TPSA) is 106 Å². The second-order valence-corrected chi connectivity index (χ2v) is 10.4. The Morgan fingerprint density at radius 3 is 2.53 bits per heavy atom. The molecule has 2 aromatic carbocycles. The van der Waals surface area contributed by atoms with Gasteiger partial charge in [0.2, 0.25) is 21.7 Å². The van der Waals surface area contributed by atoms with Crippen LogP contribution in [0.15, 0.2) is 51.9 Å². The molecule has 0 atom stereocenters. The molecule has 0 radical (unpaired) electrons. The number of aryl methyl sites for hydroxylation is 1. The second-order valence-electron chi connectivity index (χ2n) is 8.50. The number of carbonyl (C=O) groups excluding carboxylic acids is 1. The van der Waals surface area contributed by atoms with Crippen molar-refractivity contribution in [3.8, 4) is 5.75 Å². The number of amides is 1. The molecule has 2 aliphatic rings. The van der Waals surface area contributed by atoms with Gasteiger partial charge in [0.1, 0.15) is 5.75 Å². The van der Waals surface area contributed by atoms with Gasteiger partial charge in [-0.1, -0.05) is 11.6 Å². The lowest BCUT2D eigenvalue weighted by atomic mass is 10.1. The molecule has 0 spiro atoms. The minimum absolute atomic E-state index is 0.134. The number of fused-ring (bicyclic) bond motifs is 1. The fraction of sp³-hybridized carbons (Fsp3) is 0.375. The van der Waals surface area contributed by atoms with Gasteiger partial charge in [0.25, 0.3) is 5.91 Å². The fourth-order valence-electron chi connectivity index (χ4n) is 4.40. The van der Waals surface area contributed by atoms with Crippen molar-refractivity contribution in [3.63, 3.8) is 0 Å². The molecule has 0 bridgehead atoms. The van der Waals surface area contributed by atoms with Crippen molar-refractivity contribution in [2.45, 2.75) is 44.1 Å². The molecule has 1 fully saturated rings. The first-order chi connectivity index (χ1) is 16.4. The van der Waals surface area contributed by atoms with Gasteiger partial charge in [0, 0.05) is 37.8 Å². The maximum absolute atomic E-state index is 13.2. The molecule has 0 N–H and O–H groups in total. The van der Waals surface area contributed by atoms with Crippen LogP contribution in [0.4, 0.5) is 5.69 Å². The third kappa shape index (κ3) is 4.43. The van der Waals surface area contributed by atoms with Crippen molar-refractivity contribution < 1.29 is 22.5 Å². The first-order valence-corrected chi connectivity index (χ1v) is 12.8. The Labute approximate surface area is 198 Å². The smallest absolute Gasteiger partial charge is 0.258 e. The Morgan fingerprint density at radius 2 is 1.82 bits per heavy atom. The van der Waals surface area contributed by atoms with Gasteiger partial charge >= 0.3 is 0 Å². The predicted molar refractivity (Wildman–Crippen MR) is 124 cm³/mol. The van der Waals surface area contributed by atoms with Gasteiger partial charge in [-0.05, 0) is 67.3 Å². The quantitative estimate of drug-likeness (QED) is 0.530. The number of benzene rings is 2. The highest BCUT2D eigenvalue weighted by Gasteiger charge is 2.30. The lowest BCUT2D eigenvalue weighted by Crippen LogP contribution is -2.35. The molecule has 2 aliphatic heterocycles. The van der Waals surface area contributed by atoms with Crippen molar-refractivity contribution in [1.82, 2.24) is 14.4 Å². The van der Waals surface area contributed by atoms with Crippen LogP contribution in [-0.2, 0) is 23.1 Å². The number of aromatic nitrogens is 2. The van der Waals surface area contributed by atoms with Gasteiger partial charge < -0.3 is 14.2 Å². The van der Waals surface area contributed by atoms with E-state index in [0.29, 0.717) is 54.0 Å². The van der Waals surface area contributed by atoms with Gasteiger partial charge in [-0.2, -0.15) is 9.29 Å². The minimum Gasteiger partial charge on any atom is -0.485 e. The molecule has 1 saturated heterocycles. The summed E-state index contributed by atoms with van der Waals surface area (Å²) in [4.78, 5) is 19.3. The van der Waals surface area contributed by atoms with E-state index in [-0.39, 0.29) is 12.5 Å². The van der Waals surface area contributed by atoms with Crippen LogP contribution in [0.3, 0.4) is 0 Å². The highest BCUT2D eigenvalue weighted by Crippen LogP contribution is 2.33. The third-order valence-electron chi connectivity index (χ3n) is 6.18. The Balaban J connectivity index is 1.28. The van der Waals surface area contributed by atoms with Crippen LogP contribution in [0.5, 0.6) is 5.75 Å². The van der Waals surface area contributed by atoms with Gasteiger partial charge in [-0.25, -0.2) is 8.42 Å². The molecule has 0 unspecified atom stereocenters. The first-order valence-electron chi connectivity index (χ1n) is 11.4. The molecule has 9 nitrogen and oxygen atoms in total. The van der Waals surface area contributed by atoms with Crippen molar-refractivity contribution in [2.75, 3.05) is 24.5 Å². The lowest BCUT2D eigenvalue weighted by Gasteiger charge is -2.26. The summed E-state index contributed by atoms with van der Waals surface area (Å²) in [6.45, 7) is 3.53. The number of rotatable bonds is 6. The van der Waals surface area contributed by atoms with Crippen molar-refractivity contribution in [2.24, 2.45) is 0 Å². The fourth-order valence-corrected chi connectivity index (χ4v) is 5.97. The zero-order chi connectivity index (χ0) is 23.7. The zero-order valence-electron chi connectivity index (χ0n) is 18.9. The molecule has 3 aromatic rings. The average Bonchev–Trinajstić information content (AvgIpc) is 3.48. The van der Waals surface area contributed by atoms with E-state index in [9.17, 15) is 13.2 Å². The number of piperidine rings is 1. The summed E-state index contributed by atoms with van der Waals surface area (Å²) in [5.41, 5.74) is 2.16. The maximum atomic E-state index is 13.2. The number of sulfonamides is 1. The minimum atomic E-state index is -3.50. The SMILES string of the molecule is Cc1nc(COc2ccc(C(=O)N3CCc4cc(S(=O)(=O)N5CCCCC5)ccc43)cc2)no1. The third-order valence-corrected chi connectivity index (χ3v) is 8.08. The summed E-state index contributed by atoms with van der Waals surface area (Å²) in [7, 11) is -3.50. The molecule has 5 rings (SSSR count). The van der Waals surface area contributed by atoms with Gasteiger partial charge in [0.05, 0.1) is 4.90 Å². The van der Waals surface area contributed by atoms with Crippen LogP contribution in [0, 0.1) is 6.92 Å². The lowest BCUT2D eigenvalue weighted by molar-refractivity contribution is 0.0989. The Hall–Kier alpha value is -3.24. The molecule has 1 amide bonds. The van der Waals surface area contributed by atoms with Crippen LogP contribution >= 0.6 is 0 Å². The number of ether oxygens (including phenoxy) is 1. The van der Waals surface area contributed by atoms with Crippen LogP contribution in [0.2, 0.25) is 0 Å². The van der Waals surface area contributed by atoms with Crippen LogP contribution in [0.1, 0.15) is 46.9 Å². The monoisotopic (exact) mass is 482 g/mol. The van der Waals surface area contributed by atoms with Crippen molar-refractivity contribution in [1.29, 1.82) is 0 Å². The first kappa shape index (κ1) is 22.5. The van der Waals surface area contributed by atoms with Gasteiger partial charge in [-0.3, -0.25) is 4.79 Å². The number of anilines is 1. The van der Waals surface area contributed by atoms with E-state index in [4.69, 9.17) is 9.26 Å². The largest absolute Gasteiger partial charge is 0.485 e. The summed E-state index contributed by atoms with van der Waals surface area (Å²) in [6.07, 6.45) is 3.48. The van der Waals surface area contributed by atoms with Crippen molar-refractivity contribution >= 4 is 21.6 Å². The van der Waals surface area contributed by atoms with E-state index in [1.165, 1.54) is 0 Å². The summed E-state index contributed by atoms with van der Waals surface area (Å²) in [6, 6.07) is 12.0. The molecular weight excluding hydrogens is 456 g/mol. The van der Waals surface area contributed by atoms with E-state index in [2.05, 4.69) is 10.1 Å². The van der Waals surface area contributed by atoms with E-state index in [1.54, 1.807) is 58.6 Å². The predicted octanol–water partition coefficient (Wildman–Crippen LogP) is 3.33. The molecule has 3 heterocycles. The van der Waals surface area contributed by atoms with Gasteiger partial charge in [0.15, 0.2) is 6.61 Å². The Bertz CT molecular complexity index is 1300. The van der Waals surface area contributed by atoms with Crippen LogP contribution < -0.4 is 9.64 Å². The second kappa shape index (κ2) is 9.19. The molecule has 10 heteroatoms. The summed E-state index contributed by atoms with van der Waals surface area (Å²) in [5.74, 6) is 1.38. The number of carbonyl (C=O) groups is 1. The molecule has 1 aromatic heterocycles. The number of nitrogens with zero attached hydrogens (tertiary/aromatic N) is 4. The maximum Gasteiger partial charge on any atom is 0.258 e. The molecular formula is C24H26N4O5S. The summed E-state index contributed by atoms with van der Waals surface area (Å²) >= 11 is 0. The van der Waals surface area contributed by atoms with E-state index in [1.807, 2.05) is 0 Å². The zero-order valence-corrected chi connectivity index (χ0v) is 19.8. The van der Waals surface area contributed by atoms with E-state index >= 15 is 0 Å². The van der Waals surface area contributed by atoms with E-state index < -0.39 is 10.0 Å². The molecule has 0 saturated carbocycles. The molecule has 178 valence electrons. The van der Waals surface area contributed by atoms with E-state index in [0.717, 1.165) is 30.5 Å². The Kier molecular flexibility index (Phi) is 6.09. The van der Waals surface area contributed by atoms with Crippen molar-refractivity contribution in [3.05, 3.63) is 65.3 Å². The summed E-state index contributed by atoms with van der Waals surface area (Å²) in [5, 5.41) is 3.79. The van der Waals surface area contributed by atoms with Gasteiger partial charge in [-0.15, -0.1) is 0 Å². The normalized spacial score (nSPS) is 16.4.